The lowest BCUT2D eigenvalue weighted by atomic mass is 10.0. The number of nitrogens with one attached hydrogen (secondary N) is 1. The molecular weight excluding hydrogens is 298 g/mol. The molecule has 0 fully saturated rings. The normalized spacial score (nSPS) is 10.3. The van der Waals surface area contributed by atoms with Crippen molar-refractivity contribution in [2.24, 2.45) is 0 Å². The summed E-state index contributed by atoms with van der Waals surface area (Å²) in [5.41, 5.74) is 4.36. The van der Waals surface area contributed by atoms with Crippen molar-refractivity contribution in [3.8, 4) is 11.1 Å². The molecule has 0 unspecified atom stereocenters. The molecule has 0 saturated carbocycles. The van der Waals surface area contributed by atoms with Crippen molar-refractivity contribution >= 4 is 5.91 Å². The van der Waals surface area contributed by atoms with E-state index in [1.54, 1.807) is 12.4 Å². The molecule has 0 atom stereocenters. The van der Waals surface area contributed by atoms with Gasteiger partial charge in [0, 0.05) is 18.9 Å². The molecular formula is C20H19N3O. The van der Waals surface area contributed by atoms with E-state index in [0.29, 0.717) is 13.0 Å². The van der Waals surface area contributed by atoms with Gasteiger partial charge in [-0.2, -0.15) is 0 Å². The van der Waals surface area contributed by atoms with E-state index in [2.05, 4.69) is 39.6 Å². The predicted octanol–water partition coefficient (Wildman–Crippen LogP) is 3.05. The highest BCUT2D eigenvalue weighted by molar-refractivity contribution is 5.78. The van der Waals surface area contributed by atoms with Gasteiger partial charge in [0.15, 0.2) is 0 Å². The maximum atomic E-state index is 12.0. The van der Waals surface area contributed by atoms with Gasteiger partial charge in [0.05, 0.1) is 6.42 Å². The highest BCUT2D eigenvalue weighted by Gasteiger charge is 2.04. The van der Waals surface area contributed by atoms with E-state index in [4.69, 9.17) is 0 Å². The molecule has 2 aromatic carbocycles. The van der Waals surface area contributed by atoms with Gasteiger partial charge >= 0.3 is 0 Å². The maximum absolute atomic E-state index is 12.0. The molecule has 4 heteroatoms. The first-order chi connectivity index (χ1) is 11.8. The zero-order valence-electron chi connectivity index (χ0n) is 13.4. The second-order valence-electron chi connectivity index (χ2n) is 5.59. The van der Waals surface area contributed by atoms with Gasteiger partial charge in [0.2, 0.25) is 5.91 Å². The van der Waals surface area contributed by atoms with Crippen molar-refractivity contribution < 1.29 is 4.79 Å². The number of carbonyl (C=O) groups is 1. The SMILES string of the molecule is O=C(Cc1ccc(-c2ccccc2)cc1)NCCc1cncnc1. The van der Waals surface area contributed by atoms with Crippen LogP contribution in [0.2, 0.25) is 0 Å². The molecule has 24 heavy (non-hydrogen) atoms. The van der Waals surface area contributed by atoms with Gasteiger partial charge in [0.1, 0.15) is 6.33 Å². The van der Waals surface area contributed by atoms with Gasteiger partial charge in [0.25, 0.3) is 0 Å². The van der Waals surface area contributed by atoms with Gasteiger partial charge in [-0.25, -0.2) is 9.97 Å². The van der Waals surface area contributed by atoms with Crippen LogP contribution in [-0.2, 0) is 17.6 Å². The van der Waals surface area contributed by atoms with Crippen molar-refractivity contribution in [1.29, 1.82) is 0 Å². The quantitative estimate of drug-likeness (QED) is 0.760. The molecule has 0 aliphatic carbocycles. The van der Waals surface area contributed by atoms with Crippen LogP contribution in [0.5, 0.6) is 0 Å². The Bertz CT molecular complexity index is 771. The molecule has 4 nitrogen and oxygen atoms in total. The number of rotatable bonds is 6. The monoisotopic (exact) mass is 317 g/mol. The first-order valence-corrected chi connectivity index (χ1v) is 7.96. The van der Waals surface area contributed by atoms with Gasteiger partial charge < -0.3 is 5.32 Å². The third kappa shape index (κ3) is 4.49. The number of hydrogen-bond donors (Lipinski definition) is 1. The van der Waals surface area contributed by atoms with Crippen molar-refractivity contribution in [3.63, 3.8) is 0 Å². The number of aromatic nitrogens is 2. The topological polar surface area (TPSA) is 54.9 Å². The summed E-state index contributed by atoms with van der Waals surface area (Å²) in [6.07, 6.45) is 6.16. The molecule has 1 heterocycles. The summed E-state index contributed by atoms with van der Waals surface area (Å²) in [7, 11) is 0. The number of hydrogen-bond acceptors (Lipinski definition) is 3. The van der Waals surface area contributed by atoms with E-state index in [1.165, 1.54) is 11.9 Å². The van der Waals surface area contributed by atoms with Crippen molar-refractivity contribution in [1.82, 2.24) is 15.3 Å². The summed E-state index contributed by atoms with van der Waals surface area (Å²) >= 11 is 0. The fourth-order valence-electron chi connectivity index (χ4n) is 2.50. The highest BCUT2D eigenvalue weighted by atomic mass is 16.1. The Labute approximate surface area is 141 Å². The average Bonchev–Trinajstić information content (AvgIpc) is 2.64. The van der Waals surface area contributed by atoms with Crippen LogP contribution in [0.4, 0.5) is 0 Å². The molecule has 3 rings (SSSR count). The Balaban J connectivity index is 1.49. The van der Waals surface area contributed by atoms with Crippen LogP contribution >= 0.6 is 0 Å². The second kappa shape index (κ2) is 8.02. The molecule has 0 bridgehead atoms. The summed E-state index contributed by atoms with van der Waals surface area (Å²) in [6, 6.07) is 18.3. The fraction of sp³-hybridized carbons (Fsp3) is 0.150. The molecule has 0 aliphatic rings. The van der Waals surface area contributed by atoms with Crippen molar-refractivity contribution in [2.45, 2.75) is 12.8 Å². The first-order valence-electron chi connectivity index (χ1n) is 7.96. The molecule has 0 radical (unpaired) electrons. The van der Waals surface area contributed by atoms with Crippen LogP contribution in [0, 0.1) is 0 Å². The van der Waals surface area contributed by atoms with Crippen LogP contribution in [0.25, 0.3) is 11.1 Å². The summed E-state index contributed by atoms with van der Waals surface area (Å²) in [5.74, 6) is 0.0271. The zero-order valence-corrected chi connectivity index (χ0v) is 13.4. The largest absolute Gasteiger partial charge is 0.355 e. The predicted molar refractivity (Wildman–Crippen MR) is 94.3 cm³/mol. The van der Waals surface area contributed by atoms with E-state index < -0.39 is 0 Å². The van der Waals surface area contributed by atoms with E-state index in [-0.39, 0.29) is 5.91 Å². The molecule has 3 aromatic rings. The minimum absolute atomic E-state index is 0.0271. The molecule has 1 aromatic heterocycles. The number of carbonyl (C=O) groups excluding carboxylic acids is 1. The maximum Gasteiger partial charge on any atom is 0.224 e. The third-order valence-corrected chi connectivity index (χ3v) is 3.78. The molecule has 120 valence electrons. The summed E-state index contributed by atoms with van der Waals surface area (Å²) < 4.78 is 0. The van der Waals surface area contributed by atoms with Gasteiger partial charge in [-0.3, -0.25) is 4.79 Å². The van der Waals surface area contributed by atoms with Crippen LogP contribution in [-0.4, -0.2) is 22.4 Å². The minimum atomic E-state index is 0.0271. The Morgan fingerprint density at radius 3 is 2.21 bits per heavy atom. The average molecular weight is 317 g/mol. The summed E-state index contributed by atoms with van der Waals surface area (Å²) in [6.45, 7) is 0.592. The summed E-state index contributed by atoms with van der Waals surface area (Å²) in [5, 5.41) is 2.93. The fourth-order valence-corrected chi connectivity index (χ4v) is 2.50. The standard InChI is InChI=1S/C20H19N3O/c24-20(23-11-10-17-13-21-15-22-14-17)12-16-6-8-19(9-7-16)18-4-2-1-3-5-18/h1-9,13-15H,10-12H2,(H,23,24). The second-order valence-corrected chi connectivity index (χ2v) is 5.59. The van der Waals surface area contributed by atoms with Gasteiger partial charge in [-0.1, -0.05) is 54.6 Å². The molecule has 0 saturated heterocycles. The smallest absolute Gasteiger partial charge is 0.224 e. The van der Waals surface area contributed by atoms with Crippen LogP contribution < -0.4 is 5.32 Å². The highest BCUT2D eigenvalue weighted by Crippen LogP contribution is 2.19. The molecule has 0 spiro atoms. The van der Waals surface area contributed by atoms with E-state index >= 15 is 0 Å². The van der Waals surface area contributed by atoms with Gasteiger partial charge in [-0.15, -0.1) is 0 Å². The molecule has 1 amide bonds. The van der Waals surface area contributed by atoms with Crippen molar-refractivity contribution in [2.75, 3.05) is 6.54 Å². The lowest BCUT2D eigenvalue weighted by molar-refractivity contribution is -0.120. The van der Waals surface area contributed by atoms with Crippen molar-refractivity contribution in [3.05, 3.63) is 84.4 Å². The zero-order chi connectivity index (χ0) is 16.6. The summed E-state index contributed by atoms with van der Waals surface area (Å²) in [4.78, 5) is 19.9. The first kappa shape index (κ1) is 15.9. The van der Waals surface area contributed by atoms with Crippen LogP contribution in [0.15, 0.2) is 73.3 Å². The van der Waals surface area contributed by atoms with E-state index in [1.807, 2.05) is 30.3 Å². The number of benzene rings is 2. The number of amides is 1. The molecule has 0 aliphatic heterocycles. The Morgan fingerprint density at radius 1 is 0.833 bits per heavy atom. The lowest BCUT2D eigenvalue weighted by Crippen LogP contribution is -2.27. The van der Waals surface area contributed by atoms with Crippen LogP contribution in [0.1, 0.15) is 11.1 Å². The van der Waals surface area contributed by atoms with E-state index in [9.17, 15) is 4.79 Å². The van der Waals surface area contributed by atoms with E-state index in [0.717, 1.165) is 23.1 Å². The third-order valence-electron chi connectivity index (χ3n) is 3.78. The lowest BCUT2D eigenvalue weighted by Gasteiger charge is -2.06. The Kier molecular flexibility index (Phi) is 5.30. The van der Waals surface area contributed by atoms with Crippen LogP contribution in [0.3, 0.4) is 0 Å². The Hall–Kier alpha value is -3.01. The van der Waals surface area contributed by atoms with Gasteiger partial charge in [-0.05, 0) is 28.7 Å². The number of nitrogens with zero attached hydrogens (tertiary/aromatic N) is 2. The minimum Gasteiger partial charge on any atom is -0.355 e. The molecule has 1 N–H and O–H groups in total. The Morgan fingerprint density at radius 2 is 1.50 bits per heavy atom.